The van der Waals surface area contributed by atoms with E-state index in [9.17, 15) is 0 Å². The maximum absolute atomic E-state index is 6.01. The van der Waals surface area contributed by atoms with E-state index in [-0.39, 0.29) is 0 Å². The average molecular weight is 267 g/mol. The van der Waals surface area contributed by atoms with Crippen LogP contribution >= 0.6 is 0 Å². The molecule has 112 valence electrons. The first-order valence-corrected chi connectivity index (χ1v) is 8.68. The van der Waals surface area contributed by atoms with Crippen molar-refractivity contribution in [2.24, 2.45) is 5.41 Å². The molecule has 2 aliphatic carbocycles. The Morgan fingerprint density at radius 1 is 1.05 bits per heavy atom. The zero-order valence-corrected chi connectivity index (χ0v) is 13.0. The number of rotatable bonds is 8. The van der Waals surface area contributed by atoms with E-state index in [2.05, 4.69) is 19.2 Å². The van der Waals surface area contributed by atoms with Crippen molar-refractivity contribution >= 4 is 0 Å². The largest absolute Gasteiger partial charge is 0.378 e. The summed E-state index contributed by atoms with van der Waals surface area (Å²) in [6.07, 6.45) is 14.3. The molecule has 0 radical (unpaired) electrons. The van der Waals surface area contributed by atoms with E-state index in [4.69, 9.17) is 4.74 Å². The molecular formula is C17H33NO. The lowest BCUT2D eigenvalue weighted by Gasteiger charge is -2.58. The van der Waals surface area contributed by atoms with E-state index in [0.29, 0.717) is 11.5 Å². The van der Waals surface area contributed by atoms with E-state index >= 15 is 0 Å². The third-order valence-electron chi connectivity index (χ3n) is 5.36. The van der Waals surface area contributed by atoms with Crippen LogP contribution in [0.4, 0.5) is 0 Å². The van der Waals surface area contributed by atoms with Gasteiger partial charge in [-0.1, -0.05) is 45.4 Å². The number of hydrogen-bond acceptors (Lipinski definition) is 2. The molecule has 2 fully saturated rings. The summed E-state index contributed by atoms with van der Waals surface area (Å²) in [4.78, 5) is 0. The van der Waals surface area contributed by atoms with Crippen LogP contribution in [0.1, 0.15) is 78.1 Å². The van der Waals surface area contributed by atoms with Crippen LogP contribution in [-0.2, 0) is 4.74 Å². The lowest BCUT2D eigenvalue weighted by atomic mass is 9.55. The Kier molecular flexibility index (Phi) is 6.15. The normalized spacial score (nSPS) is 29.4. The third kappa shape index (κ3) is 3.52. The van der Waals surface area contributed by atoms with Gasteiger partial charge in [0.15, 0.2) is 0 Å². The molecule has 2 aliphatic rings. The maximum Gasteiger partial charge on any atom is 0.0661 e. The van der Waals surface area contributed by atoms with Crippen LogP contribution in [0.25, 0.3) is 0 Å². The predicted molar refractivity (Wildman–Crippen MR) is 81.5 cm³/mol. The van der Waals surface area contributed by atoms with Gasteiger partial charge < -0.3 is 10.1 Å². The van der Waals surface area contributed by atoms with Crippen molar-refractivity contribution in [1.82, 2.24) is 5.32 Å². The minimum absolute atomic E-state index is 0.499. The summed E-state index contributed by atoms with van der Waals surface area (Å²) in [6, 6.07) is 0.742. The Hall–Kier alpha value is -0.0800. The first kappa shape index (κ1) is 15.3. The lowest BCUT2D eigenvalue weighted by molar-refractivity contribution is -0.149. The van der Waals surface area contributed by atoms with Gasteiger partial charge in [-0.15, -0.1) is 0 Å². The molecule has 0 saturated heterocycles. The topological polar surface area (TPSA) is 21.3 Å². The van der Waals surface area contributed by atoms with Gasteiger partial charge in [-0.25, -0.2) is 0 Å². The van der Waals surface area contributed by atoms with Crippen molar-refractivity contribution in [3.63, 3.8) is 0 Å². The van der Waals surface area contributed by atoms with Crippen LogP contribution in [0.3, 0.4) is 0 Å². The zero-order chi connectivity index (χ0) is 13.6. The zero-order valence-electron chi connectivity index (χ0n) is 13.0. The summed E-state index contributed by atoms with van der Waals surface area (Å²) in [5.74, 6) is 0. The lowest BCUT2D eigenvalue weighted by Crippen LogP contribution is -2.64. The summed E-state index contributed by atoms with van der Waals surface area (Å²) in [6.45, 7) is 6.52. The molecule has 2 heteroatoms. The molecule has 0 aromatic carbocycles. The highest BCUT2D eigenvalue weighted by molar-refractivity contribution is 5.08. The van der Waals surface area contributed by atoms with Crippen LogP contribution in [0, 0.1) is 5.41 Å². The molecular weight excluding hydrogens is 234 g/mol. The summed E-state index contributed by atoms with van der Waals surface area (Å²) < 4.78 is 6.01. The Labute approximate surface area is 119 Å². The van der Waals surface area contributed by atoms with Crippen LogP contribution in [0.15, 0.2) is 0 Å². The first-order valence-electron chi connectivity index (χ1n) is 8.68. The van der Waals surface area contributed by atoms with Gasteiger partial charge in [0.1, 0.15) is 0 Å². The van der Waals surface area contributed by atoms with Gasteiger partial charge in [-0.05, 0) is 39.2 Å². The monoisotopic (exact) mass is 267 g/mol. The van der Waals surface area contributed by atoms with Crippen LogP contribution < -0.4 is 5.32 Å². The molecule has 1 spiro atoms. The molecule has 0 heterocycles. The van der Waals surface area contributed by atoms with E-state index in [0.717, 1.165) is 12.6 Å². The summed E-state index contributed by atoms with van der Waals surface area (Å²) in [5.41, 5.74) is 0.499. The summed E-state index contributed by atoms with van der Waals surface area (Å²) in [5, 5.41) is 3.85. The van der Waals surface area contributed by atoms with Gasteiger partial charge in [0.05, 0.1) is 6.10 Å². The quantitative estimate of drug-likeness (QED) is 0.663. The van der Waals surface area contributed by atoms with Gasteiger partial charge in [-0.3, -0.25) is 0 Å². The summed E-state index contributed by atoms with van der Waals surface area (Å²) in [7, 11) is 0. The second kappa shape index (κ2) is 7.64. The molecule has 0 aliphatic heterocycles. The van der Waals surface area contributed by atoms with Crippen LogP contribution in [0.5, 0.6) is 0 Å². The molecule has 2 unspecified atom stereocenters. The fourth-order valence-electron chi connectivity index (χ4n) is 4.18. The van der Waals surface area contributed by atoms with Crippen LogP contribution in [-0.4, -0.2) is 25.3 Å². The van der Waals surface area contributed by atoms with Gasteiger partial charge in [0.2, 0.25) is 0 Å². The fraction of sp³-hybridized carbons (Fsp3) is 1.00. The molecule has 2 nitrogen and oxygen atoms in total. The number of nitrogens with one attached hydrogen (secondary N) is 1. The molecule has 0 aromatic heterocycles. The van der Waals surface area contributed by atoms with Crippen molar-refractivity contribution in [1.29, 1.82) is 0 Å². The third-order valence-corrected chi connectivity index (χ3v) is 5.36. The second-order valence-corrected chi connectivity index (χ2v) is 6.54. The van der Waals surface area contributed by atoms with Gasteiger partial charge in [0.25, 0.3) is 0 Å². The second-order valence-electron chi connectivity index (χ2n) is 6.54. The van der Waals surface area contributed by atoms with Crippen molar-refractivity contribution < 1.29 is 4.74 Å². The standard InChI is InChI=1S/C17H33NO/c1-3-5-6-10-13-18-15-14-16(19-4-2)17(15)11-8-7-9-12-17/h15-16,18H,3-14H2,1-2H3. The van der Waals surface area contributed by atoms with Crippen molar-refractivity contribution in [2.75, 3.05) is 13.2 Å². The fourth-order valence-corrected chi connectivity index (χ4v) is 4.18. The molecule has 1 N–H and O–H groups in total. The van der Waals surface area contributed by atoms with Gasteiger partial charge in [-0.2, -0.15) is 0 Å². The van der Waals surface area contributed by atoms with Crippen LogP contribution in [0.2, 0.25) is 0 Å². The maximum atomic E-state index is 6.01. The minimum atomic E-state index is 0.499. The molecule has 2 rings (SSSR count). The molecule has 2 atom stereocenters. The van der Waals surface area contributed by atoms with E-state index in [1.807, 2.05) is 0 Å². The smallest absolute Gasteiger partial charge is 0.0661 e. The van der Waals surface area contributed by atoms with E-state index in [1.54, 1.807) is 0 Å². The number of hydrogen-bond donors (Lipinski definition) is 1. The van der Waals surface area contributed by atoms with Gasteiger partial charge in [0, 0.05) is 18.1 Å². The Bertz CT molecular complexity index is 248. The van der Waals surface area contributed by atoms with Crippen molar-refractivity contribution in [2.45, 2.75) is 90.2 Å². The van der Waals surface area contributed by atoms with E-state index < -0.39 is 0 Å². The Morgan fingerprint density at radius 2 is 1.84 bits per heavy atom. The van der Waals surface area contributed by atoms with Gasteiger partial charge >= 0.3 is 0 Å². The number of ether oxygens (including phenoxy) is 1. The SMILES string of the molecule is CCCCCCNC1CC(OCC)C12CCCCC2. The molecule has 0 bridgehead atoms. The Balaban J connectivity index is 1.76. The van der Waals surface area contributed by atoms with E-state index in [1.165, 1.54) is 70.8 Å². The highest BCUT2D eigenvalue weighted by Crippen LogP contribution is 2.53. The van der Waals surface area contributed by atoms with Crippen molar-refractivity contribution in [3.05, 3.63) is 0 Å². The average Bonchev–Trinajstić information content (AvgIpc) is 2.46. The number of unbranched alkanes of at least 4 members (excludes halogenated alkanes) is 3. The molecule has 2 saturated carbocycles. The highest BCUT2D eigenvalue weighted by atomic mass is 16.5. The molecule has 0 amide bonds. The molecule has 19 heavy (non-hydrogen) atoms. The minimum Gasteiger partial charge on any atom is -0.378 e. The summed E-state index contributed by atoms with van der Waals surface area (Å²) >= 11 is 0. The Morgan fingerprint density at radius 3 is 2.53 bits per heavy atom. The van der Waals surface area contributed by atoms with Crippen molar-refractivity contribution in [3.8, 4) is 0 Å². The highest BCUT2D eigenvalue weighted by Gasteiger charge is 2.55. The first-order chi connectivity index (χ1) is 9.33. The molecule has 0 aromatic rings. The predicted octanol–water partition coefficient (Wildman–Crippen LogP) is 4.28.